The van der Waals surface area contributed by atoms with Gasteiger partial charge >= 0.3 is 0 Å². The quantitative estimate of drug-likeness (QED) is 0.316. The second kappa shape index (κ2) is 1.57. The van der Waals surface area contributed by atoms with Crippen LogP contribution in [0, 0.1) is 0 Å². The van der Waals surface area contributed by atoms with Crippen molar-refractivity contribution >= 4 is 0 Å². The molecule has 0 unspecified atom stereocenters. The van der Waals surface area contributed by atoms with Crippen molar-refractivity contribution < 1.29 is 17.1 Å². The first-order valence-corrected chi connectivity index (χ1v) is 1.15. The summed E-state index contributed by atoms with van der Waals surface area (Å²) in [4.78, 5) is 0. The van der Waals surface area contributed by atoms with Crippen LogP contribution in [0.5, 0.6) is 0 Å². The van der Waals surface area contributed by atoms with E-state index in [1.807, 2.05) is 0 Å². The molecule has 0 N–H and O–H groups in total. The molecule has 1 aliphatic carbocycles. The zero-order valence-corrected chi connectivity index (χ0v) is 3.10. The van der Waals surface area contributed by atoms with Crippen LogP contribution in [0.25, 0.3) is 0 Å². The average molecular weight is 104 g/mol. The molecular formula is C3H4Cu. The molecule has 0 saturated carbocycles. The van der Waals surface area contributed by atoms with Crippen LogP contribution >= 0.6 is 0 Å². The van der Waals surface area contributed by atoms with Gasteiger partial charge in [0.05, 0.1) is 0 Å². The van der Waals surface area contributed by atoms with E-state index in [0.717, 1.165) is 0 Å². The molecule has 0 heterocycles. The summed E-state index contributed by atoms with van der Waals surface area (Å²) < 4.78 is 0. The summed E-state index contributed by atoms with van der Waals surface area (Å²) in [5.74, 6) is 0. The number of rotatable bonds is 0. The van der Waals surface area contributed by atoms with E-state index in [4.69, 9.17) is 0 Å². The number of hydrogen-bond donors (Lipinski definition) is 0. The normalized spacial score (nSPS) is 14.0. The van der Waals surface area contributed by atoms with Crippen LogP contribution in [-0.2, 0) is 17.1 Å². The number of hydrogen-bond acceptors (Lipinski definition) is 0. The van der Waals surface area contributed by atoms with Gasteiger partial charge in [-0.2, -0.15) is 0 Å². The second-order valence-electron chi connectivity index (χ2n) is 0.707. The molecule has 1 heteroatoms. The summed E-state index contributed by atoms with van der Waals surface area (Å²) in [7, 11) is 0. The van der Waals surface area contributed by atoms with E-state index in [0.29, 0.717) is 0 Å². The summed E-state index contributed by atoms with van der Waals surface area (Å²) >= 11 is 0. The van der Waals surface area contributed by atoms with Gasteiger partial charge in [-0.05, 0) is 6.42 Å². The van der Waals surface area contributed by atoms with Gasteiger partial charge in [-0.25, -0.2) is 0 Å². The molecule has 4 heavy (non-hydrogen) atoms. The van der Waals surface area contributed by atoms with Gasteiger partial charge in [-0.15, -0.1) is 0 Å². The Labute approximate surface area is 36.4 Å². The van der Waals surface area contributed by atoms with Crippen molar-refractivity contribution in [1.29, 1.82) is 0 Å². The molecule has 1 aliphatic rings. The molecule has 1 radical (unpaired) electrons. The number of allylic oxidation sites excluding steroid dienone is 2. The van der Waals surface area contributed by atoms with Gasteiger partial charge in [0.1, 0.15) is 0 Å². The first-order valence-electron chi connectivity index (χ1n) is 1.15. The molecule has 0 aromatic carbocycles. The Hall–Kier alpha value is 0.259. The fourth-order valence-corrected chi connectivity index (χ4v) is 0. The first-order chi connectivity index (χ1) is 1.50. The molecule has 0 aromatic rings. The Morgan fingerprint density at radius 1 is 1.25 bits per heavy atom. The van der Waals surface area contributed by atoms with Gasteiger partial charge in [0.15, 0.2) is 0 Å². The summed E-state index contributed by atoms with van der Waals surface area (Å²) in [5.41, 5.74) is 0. The van der Waals surface area contributed by atoms with Crippen LogP contribution in [-0.4, -0.2) is 0 Å². The van der Waals surface area contributed by atoms with Crippen molar-refractivity contribution in [2.75, 3.05) is 0 Å². The van der Waals surface area contributed by atoms with Gasteiger partial charge < -0.3 is 0 Å². The standard InChI is InChI=1S/C3H4.Cu/c1-2-3-1;/h1-2H,3H2;. The molecule has 0 nitrogen and oxygen atoms in total. The topological polar surface area (TPSA) is 0 Å². The Bertz CT molecular complexity index is 26.3. The third kappa shape index (κ3) is 2.26. The predicted octanol–water partition coefficient (Wildman–Crippen LogP) is 0.944. The molecule has 0 fully saturated rings. The van der Waals surface area contributed by atoms with Crippen LogP contribution in [0.15, 0.2) is 12.2 Å². The Morgan fingerprint density at radius 2 is 1.50 bits per heavy atom. The molecule has 0 bridgehead atoms. The summed E-state index contributed by atoms with van der Waals surface area (Å²) in [6.07, 6.45) is 5.50. The molecule has 1 rings (SSSR count). The maximum absolute atomic E-state index is 2.12. The average Bonchev–Trinajstić information content (AvgIpc) is 1.46. The van der Waals surface area contributed by atoms with Gasteiger partial charge in [0.25, 0.3) is 0 Å². The molecule has 0 spiro atoms. The maximum Gasteiger partial charge on any atom is 0 e. The van der Waals surface area contributed by atoms with E-state index in [-0.39, 0.29) is 17.1 Å². The second-order valence-corrected chi connectivity index (χ2v) is 0.707. The third-order valence-electron chi connectivity index (χ3n) is 0.236. The largest absolute Gasteiger partial charge is 0.0844 e. The third-order valence-corrected chi connectivity index (χ3v) is 0.236. The van der Waals surface area contributed by atoms with Gasteiger partial charge in [0, 0.05) is 17.1 Å². The Morgan fingerprint density at radius 3 is 1.50 bits per heavy atom. The molecule has 0 saturated heterocycles. The fraction of sp³-hybridized carbons (Fsp3) is 0.333. The van der Waals surface area contributed by atoms with Crippen molar-refractivity contribution in [3.8, 4) is 0 Å². The van der Waals surface area contributed by atoms with Crippen molar-refractivity contribution in [2.45, 2.75) is 6.42 Å². The van der Waals surface area contributed by atoms with E-state index in [1.165, 1.54) is 6.42 Å². The molecule has 0 amide bonds. The minimum absolute atomic E-state index is 0. The van der Waals surface area contributed by atoms with Crippen LogP contribution in [0.4, 0.5) is 0 Å². The maximum atomic E-state index is 2.12. The zero-order valence-electron chi connectivity index (χ0n) is 2.16. The fourth-order valence-electron chi connectivity index (χ4n) is 0. The van der Waals surface area contributed by atoms with Crippen molar-refractivity contribution in [3.05, 3.63) is 12.2 Å². The minimum atomic E-state index is 0. The molecule has 27 valence electrons. The van der Waals surface area contributed by atoms with Crippen molar-refractivity contribution in [3.63, 3.8) is 0 Å². The SMILES string of the molecule is C1=CC1.[Cu]. The Balaban J connectivity index is 0.0000000900. The minimum Gasteiger partial charge on any atom is -0.0844 e. The predicted molar refractivity (Wildman–Crippen MR) is 13.8 cm³/mol. The zero-order chi connectivity index (χ0) is 2.12. The van der Waals surface area contributed by atoms with Gasteiger partial charge in [0.2, 0.25) is 0 Å². The molecule has 0 aliphatic heterocycles. The van der Waals surface area contributed by atoms with Crippen LogP contribution in [0.2, 0.25) is 0 Å². The van der Waals surface area contributed by atoms with E-state index in [2.05, 4.69) is 12.2 Å². The molecule has 0 aromatic heterocycles. The summed E-state index contributed by atoms with van der Waals surface area (Å²) in [5, 5.41) is 0. The summed E-state index contributed by atoms with van der Waals surface area (Å²) in [6, 6.07) is 0. The van der Waals surface area contributed by atoms with Crippen molar-refractivity contribution in [2.24, 2.45) is 0 Å². The van der Waals surface area contributed by atoms with Crippen LogP contribution in [0.3, 0.4) is 0 Å². The molecular weight excluding hydrogens is 99.6 g/mol. The molecule has 0 atom stereocenters. The van der Waals surface area contributed by atoms with Gasteiger partial charge in [-0.3, -0.25) is 0 Å². The van der Waals surface area contributed by atoms with E-state index < -0.39 is 0 Å². The van der Waals surface area contributed by atoms with E-state index >= 15 is 0 Å². The van der Waals surface area contributed by atoms with E-state index in [1.54, 1.807) is 0 Å². The Kier molecular flexibility index (Phi) is 1.67. The first kappa shape index (κ1) is 4.26. The van der Waals surface area contributed by atoms with E-state index in [9.17, 15) is 0 Å². The monoisotopic (exact) mass is 103 g/mol. The van der Waals surface area contributed by atoms with Gasteiger partial charge in [-0.1, -0.05) is 12.2 Å². The van der Waals surface area contributed by atoms with Crippen LogP contribution in [0.1, 0.15) is 6.42 Å². The van der Waals surface area contributed by atoms with Crippen LogP contribution < -0.4 is 0 Å². The summed E-state index contributed by atoms with van der Waals surface area (Å²) in [6.45, 7) is 0. The van der Waals surface area contributed by atoms with Crippen molar-refractivity contribution in [1.82, 2.24) is 0 Å². The smallest absolute Gasteiger partial charge is 0 e.